The van der Waals surface area contributed by atoms with E-state index >= 15 is 0 Å². The largest absolute Gasteiger partial charge is 0.505 e. The summed E-state index contributed by atoms with van der Waals surface area (Å²) in [5.41, 5.74) is 0.420. The molecule has 19 heavy (non-hydrogen) atoms. The smallest absolute Gasteiger partial charge is 0.321 e. The molecule has 0 aromatic heterocycles. The van der Waals surface area contributed by atoms with Crippen molar-refractivity contribution >= 4 is 11.7 Å². The zero-order chi connectivity index (χ0) is 13.8. The van der Waals surface area contributed by atoms with E-state index in [2.05, 4.69) is 5.32 Å². The molecule has 0 bridgehead atoms. The monoisotopic (exact) mass is 266 g/mol. The van der Waals surface area contributed by atoms with Crippen molar-refractivity contribution in [1.82, 2.24) is 5.32 Å². The van der Waals surface area contributed by atoms with E-state index < -0.39 is 11.6 Å². The summed E-state index contributed by atoms with van der Waals surface area (Å²) in [4.78, 5) is 13.4. The number of hydrogen-bond donors (Lipinski definition) is 2. The van der Waals surface area contributed by atoms with Gasteiger partial charge in [-0.2, -0.15) is 0 Å². The SMILES string of the molecule is CN(C(=O)NC1CCCCC1)c1ccc(O)c(F)c1. The molecule has 4 nitrogen and oxygen atoms in total. The summed E-state index contributed by atoms with van der Waals surface area (Å²) in [5.74, 6) is -1.14. The lowest BCUT2D eigenvalue weighted by molar-refractivity contribution is 0.239. The summed E-state index contributed by atoms with van der Waals surface area (Å²) in [5, 5.41) is 12.1. The fourth-order valence-corrected chi connectivity index (χ4v) is 2.34. The van der Waals surface area contributed by atoms with Crippen LogP contribution >= 0.6 is 0 Å². The molecule has 1 saturated carbocycles. The van der Waals surface area contributed by atoms with Gasteiger partial charge in [-0.15, -0.1) is 0 Å². The minimum atomic E-state index is -0.727. The second-order valence-corrected chi connectivity index (χ2v) is 4.98. The molecule has 1 fully saturated rings. The normalized spacial score (nSPS) is 16.1. The number of amides is 2. The molecule has 0 spiro atoms. The van der Waals surface area contributed by atoms with E-state index in [0.717, 1.165) is 31.7 Å². The topological polar surface area (TPSA) is 52.6 Å². The standard InChI is InChI=1S/C14H19FN2O2/c1-17(11-7-8-13(18)12(15)9-11)14(19)16-10-5-3-2-4-6-10/h7-10,18H,2-6H2,1H3,(H,16,19). The number of urea groups is 1. The highest BCUT2D eigenvalue weighted by atomic mass is 19.1. The molecule has 2 rings (SSSR count). The molecule has 0 atom stereocenters. The third-order valence-corrected chi connectivity index (χ3v) is 3.56. The molecular weight excluding hydrogens is 247 g/mol. The number of nitrogens with zero attached hydrogens (tertiary/aromatic N) is 1. The van der Waals surface area contributed by atoms with Crippen molar-refractivity contribution < 1.29 is 14.3 Å². The Morgan fingerprint density at radius 1 is 1.37 bits per heavy atom. The molecule has 0 unspecified atom stereocenters. The Kier molecular flexibility index (Phi) is 4.24. The number of carbonyl (C=O) groups is 1. The highest BCUT2D eigenvalue weighted by Crippen LogP contribution is 2.22. The van der Waals surface area contributed by atoms with Crippen molar-refractivity contribution in [2.75, 3.05) is 11.9 Å². The van der Waals surface area contributed by atoms with E-state index in [1.54, 1.807) is 7.05 Å². The first-order valence-electron chi connectivity index (χ1n) is 6.60. The van der Waals surface area contributed by atoms with E-state index in [9.17, 15) is 9.18 Å². The van der Waals surface area contributed by atoms with Gasteiger partial charge in [0.1, 0.15) is 0 Å². The quantitative estimate of drug-likeness (QED) is 0.864. The minimum absolute atomic E-state index is 0.214. The van der Waals surface area contributed by atoms with Gasteiger partial charge in [0, 0.05) is 24.8 Å². The van der Waals surface area contributed by atoms with Gasteiger partial charge in [0.15, 0.2) is 11.6 Å². The van der Waals surface area contributed by atoms with Gasteiger partial charge in [0.05, 0.1) is 0 Å². The van der Waals surface area contributed by atoms with Crippen LogP contribution < -0.4 is 10.2 Å². The number of halogens is 1. The van der Waals surface area contributed by atoms with Crippen LogP contribution in [0.4, 0.5) is 14.9 Å². The van der Waals surface area contributed by atoms with Crippen molar-refractivity contribution in [3.05, 3.63) is 24.0 Å². The van der Waals surface area contributed by atoms with Crippen LogP contribution in [0.2, 0.25) is 0 Å². The zero-order valence-corrected chi connectivity index (χ0v) is 11.0. The van der Waals surface area contributed by atoms with Crippen molar-refractivity contribution in [2.24, 2.45) is 0 Å². The van der Waals surface area contributed by atoms with Gasteiger partial charge in [0.25, 0.3) is 0 Å². The number of aromatic hydroxyl groups is 1. The first-order valence-corrected chi connectivity index (χ1v) is 6.60. The van der Waals surface area contributed by atoms with Crippen LogP contribution in [0.5, 0.6) is 5.75 Å². The molecular formula is C14H19FN2O2. The molecule has 5 heteroatoms. The average Bonchev–Trinajstić information content (AvgIpc) is 2.42. The maximum absolute atomic E-state index is 13.3. The lowest BCUT2D eigenvalue weighted by Crippen LogP contribution is -2.44. The highest BCUT2D eigenvalue weighted by molar-refractivity contribution is 5.91. The Hall–Kier alpha value is -1.78. The Balaban J connectivity index is 1.99. The molecule has 2 amide bonds. The molecule has 0 radical (unpaired) electrons. The van der Waals surface area contributed by atoms with Gasteiger partial charge in [-0.05, 0) is 25.0 Å². The van der Waals surface area contributed by atoms with Crippen LogP contribution in [0.1, 0.15) is 32.1 Å². The van der Waals surface area contributed by atoms with Crippen LogP contribution in [0.15, 0.2) is 18.2 Å². The molecule has 1 aliphatic carbocycles. The fourth-order valence-electron chi connectivity index (χ4n) is 2.34. The van der Waals surface area contributed by atoms with Crippen LogP contribution in [-0.4, -0.2) is 24.2 Å². The number of carbonyl (C=O) groups excluding carboxylic acids is 1. The molecule has 1 aliphatic rings. The maximum atomic E-state index is 13.3. The Bertz CT molecular complexity index is 459. The van der Waals surface area contributed by atoms with Gasteiger partial charge in [-0.25, -0.2) is 9.18 Å². The molecule has 0 aliphatic heterocycles. The molecule has 2 N–H and O–H groups in total. The molecule has 1 aromatic carbocycles. The number of phenols is 1. The Morgan fingerprint density at radius 2 is 2.05 bits per heavy atom. The van der Waals surface area contributed by atoms with Crippen molar-refractivity contribution in [3.8, 4) is 5.75 Å². The van der Waals surface area contributed by atoms with E-state index in [4.69, 9.17) is 5.11 Å². The average molecular weight is 266 g/mol. The lowest BCUT2D eigenvalue weighted by Gasteiger charge is -2.26. The molecule has 104 valence electrons. The number of benzene rings is 1. The Morgan fingerprint density at radius 3 is 2.68 bits per heavy atom. The van der Waals surface area contributed by atoms with Crippen molar-refractivity contribution in [1.29, 1.82) is 0 Å². The fraction of sp³-hybridized carbons (Fsp3) is 0.500. The first-order chi connectivity index (χ1) is 9.08. The zero-order valence-electron chi connectivity index (χ0n) is 11.0. The number of nitrogens with one attached hydrogen (secondary N) is 1. The third kappa shape index (κ3) is 3.36. The number of hydrogen-bond acceptors (Lipinski definition) is 2. The summed E-state index contributed by atoms with van der Waals surface area (Å²) in [6.45, 7) is 0. The lowest BCUT2D eigenvalue weighted by atomic mass is 9.96. The number of rotatable bonds is 2. The second-order valence-electron chi connectivity index (χ2n) is 4.98. The number of anilines is 1. The van der Waals surface area contributed by atoms with Gasteiger partial charge in [-0.3, -0.25) is 4.90 Å². The van der Waals surface area contributed by atoms with E-state index in [1.165, 1.54) is 23.5 Å². The van der Waals surface area contributed by atoms with Crippen LogP contribution in [0.25, 0.3) is 0 Å². The molecule has 0 heterocycles. The van der Waals surface area contributed by atoms with Gasteiger partial charge >= 0.3 is 6.03 Å². The summed E-state index contributed by atoms with van der Waals surface area (Å²) in [6, 6.07) is 3.88. The molecule has 1 aromatic rings. The van der Waals surface area contributed by atoms with E-state index in [0.29, 0.717) is 5.69 Å². The minimum Gasteiger partial charge on any atom is -0.505 e. The summed E-state index contributed by atoms with van der Waals surface area (Å²) in [6.07, 6.45) is 5.52. The van der Waals surface area contributed by atoms with Crippen LogP contribution in [0.3, 0.4) is 0 Å². The summed E-state index contributed by atoms with van der Waals surface area (Å²) >= 11 is 0. The summed E-state index contributed by atoms with van der Waals surface area (Å²) < 4.78 is 13.3. The van der Waals surface area contributed by atoms with Gasteiger partial charge in [0.2, 0.25) is 0 Å². The number of phenolic OH excluding ortho intramolecular Hbond substituents is 1. The highest BCUT2D eigenvalue weighted by Gasteiger charge is 2.19. The van der Waals surface area contributed by atoms with Crippen molar-refractivity contribution in [3.63, 3.8) is 0 Å². The van der Waals surface area contributed by atoms with Crippen LogP contribution in [0, 0.1) is 5.82 Å². The van der Waals surface area contributed by atoms with Crippen molar-refractivity contribution in [2.45, 2.75) is 38.1 Å². The predicted molar refractivity (Wildman–Crippen MR) is 71.9 cm³/mol. The molecule has 0 saturated heterocycles. The maximum Gasteiger partial charge on any atom is 0.321 e. The first kappa shape index (κ1) is 13.6. The predicted octanol–water partition coefficient (Wildman–Crippen LogP) is 3.01. The van der Waals surface area contributed by atoms with Crippen LogP contribution in [-0.2, 0) is 0 Å². The second kappa shape index (κ2) is 5.91. The summed E-state index contributed by atoms with van der Waals surface area (Å²) in [7, 11) is 1.59. The van der Waals surface area contributed by atoms with E-state index in [-0.39, 0.29) is 12.1 Å². The van der Waals surface area contributed by atoms with E-state index in [1.807, 2.05) is 0 Å². The Labute approximate surface area is 112 Å². The third-order valence-electron chi connectivity index (χ3n) is 3.56. The van der Waals surface area contributed by atoms with Gasteiger partial charge in [-0.1, -0.05) is 19.3 Å². The van der Waals surface area contributed by atoms with Gasteiger partial charge < -0.3 is 10.4 Å².